The molecule has 0 saturated carbocycles. The third kappa shape index (κ3) is 5.56. The van der Waals surface area contributed by atoms with E-state index in [0.717, 1.165) is 0 Å². The number of hydrogen-bond donors (Lipinski definition) is 1. The van der Waals surface area contributed by atoms with Crippen LogP contribution in [0.2, 0.25) is 0 Å². The summed E-state index contributed by atoms with van der Waals surface area (Å²) in [7, 11) is 0. The van der Waals surface area contributed by atoms with Crippen molar-refractivity contribution in [2.24, 2.45) is 5.92 Å². The zero-order valence-electron chi connectivity index (χ0n) is 9.12. The minimum absolute atomic E-state index is 0.0262. The number of nitrogens with zero attached hydrogens (tertiary/aromatic N) is 1. The lowest BCUT2D eigenvalue weighted by molar-refractivity contribution is -0.138. The van der Waals surface area contributed by atoms with E-state index in [1.165, 1.54) is 0 Å². The molecule has 0 aromatic rings. The smallest absolute Gasteiger partial charge is 0.305 e. The van der Waals surface area contributed by atoms with E-state index in [-0.39, 0.29) is 12.3 Å². The Morgan fingerprint density at radius 1 is 1.36 bits per heavy atom. The van der Waals surface area contributed by atoms with Gasteiger partial charge in [0.05, 0.1) is 6.42 Å². The van der Waals surface area contributed by atoms with Crippen LogP contribution in [0.1, 0.15) is 33.6 Å². The van der Waals surface area contributed by atoms with E-state index in [2.05, 4.69) is 0 Å². The number of rotatable bonds is 6. The first-order valence-corrected chi connectivity index (χ1v) is 4.97. The summed E-state index contributed by atoms with van der Waals surface area (Å²) in [5.41, 5.74) is 0. The van der Waals surface area contributed by atoms with Gasteiger partial charge in [0.25, 0.3) is 0 Å². The maximum Gasteiger partial charge on any atom is 0.305 e. The van der Waals surface area contributed by atoms with Crippen molar-refractivity contribution in [3.63, 3.8) is 0 Å². The van der Waals surface area contributed by atoms with Gasteiger partial charge >= 0.3 is 5.97 Å². The predicted octanol–water partition coefficient (Wildman–Crippen LogP) is 1.36. The van der Waals surface area contributed by atoms with E-state index in [4.69, 9.17) is 5.11 Å². The van der Waals surface area contributed by atoms with Gasteiger partial charge in [-0.05, 0) is 5.92 Å². The first-order valence-electron chi connectivity index (χ1n) is 4.97. The molecule has 0 radical (unpaired) electrons. The van der Waals surface area contributed by atoms with E-state index >= 15 is 0 Å². The molecule has 4 heteroatoms. The van der Waals surface area contributed by atoms with Gasteiger partial charge in [-0.15, -0.1) is 0 Å². The molecule has 0 aromatic carbocycles. The van der Waals surface area contributed by atoms with Crippen molar-refractivity contribution in [1.82, 2.24) is 4.90 Å². The van der Waals surface area contributed by atoms with Crippen molar-refractivity contribution in [3.05, 3.63) is 0 Å². The number of amides is 1. The molecule has 0 bridgehead atoms. The first kappa shape index (κ1) is 12.9. The zero-order valence-corrected chi connectivity index (χ0v) is 9.12. The Hall–Kier alpha value is -1.06. The summed E-state index contributed by atoms with van der Waals surface area (Å²) in [6.07, 6.45) is 0.463. The molecular weight excluding hydrogens is 182 g/mol. The molecule has 0 spiro atoms. The summed E-state index contributed by atoms with van der Waals surface area (Å²) >= 11 is 0. The van der Waals surface area contributed by atoms with Crippen molar-refractivity contribution in [2.75, 3.05) is 13.1 Å². The molecule has 0 aliphatic rings. The fourth-order valence-corrected chi connectivity index (χ4v) is 1.21. The second-order valence-electron chi connectivity index (χ2n) is 3.73. The van der Waals surface area contributed by atoms with Crippen LogP contribution in [0.4, 0.5) is 0 Å². The van der Waals surface area contributed by atoms with Crippen LogP contribution < -0.4 is 0 Å². The molecule has 0 aliphatic carbocycles. The Bertz CT molecular complexity index is 202. The van der Waals surface area contributed by atoms with Crippen molar-refractivity contribution >= 4 is 11.9 Å². The Labute approximate surface area is 84.9 Å². The number of carboxylic acid groups (broad SMARTS) is 1. The van der Waals surface area contributed by atoms with Gasteiger partial charge in [-0.25, -0.2) is 0 Å². The number of carbonyl (C=O) groups is 2. The van der Waals surface area contributed by atoms with E-state index in [1.54, 1.807) is 11.8 Å². The second kappa shape index (κ2) is 6.40. The lowest BCUT2D eigenvalue weighted by Crippen LogP contribution is -2.35. The van der Waals surface area contributed by atoms with Crippen LogP contribution in [0.15, 0.2) is 0 Å². The van der Waals surface area contributed by atoms with Gasteiger partial charge in [0.15, 0.2) is 0 Å². The fourth-order valence-electron chi connectivity index (χ4n) is 1.21. The Balaban J connectivity index is 4.10. The van der Waals surface area contributed by atoms with Crippen LogP contribution in [-0.4, -0.2) is 35.0 Å². The highest BCUT2D eigenvalue weighted by molar-refractivity contribution is 5.76. The minimum Gasteiger partial charge on any atom is -0.481 e. The van der Waals surface area contributed by atoms with Crippen molar-refractivity contribution < 1.29 is 14.7 Å². The molecular formula is C10H19NO3. The molecule has 0 aliphatic heterocycles. The molecule has 0 heterocycles. The standard InChI is InChI=1S/C10H19NO3/c1-4-9(12)11(7-8(2)3)6-5-10(13)14/h8H,4-7H2,1-3H3,(H,13,14). The highest BCUT2D eigenvalue weighted by Gasteiger charge is 2.13. The zero-order chi connectivity index (χ0) is 11.1. The second-order valence-corrected chi connectivity index (χ2v) is 3.73. The maximum absolute atomic E-state index is 11.4. The fraction of sp³-hybridized carbons (Fsp3) is 0.800. The van der Waals surface area contributed by atoms with Crippen molar-refractivity contribution in [3.8, 4) is 0 Å². The van der Waals surface area contributed by atoms with Crippen LogP contribution in [0.5, 0.6) is 0 Å². The Kier molecular flexibility index (Phi) is 5.92. The van der Waals surface area contributed by atoms with Gasteiger partial charge in [-0.1, -0.05) is 20.8 Å². The number of aliphatic carboxylic acids is 1. The topological polar surface area (TPSA) is 57.6 Å². The molecule has 14 heavy (non-hydrogen) atoms. The highest BCUT2D eigenvalue weighted by atomic mass is 16.4. The molecule has 0 unspecified atom stereocenters. The molecule has 1 N–H and O–H groups in total. The van der Waals surface area contributed by atoms with Crippen molar-refractivity contribution in [2.45, 2.75) is 33.6 Å². The average Bonchev–Trinajstić information content (AvgIpc) is 2.10. The molecule has 0 saturated heterocycles. The van der Waals surface area contributed by atoms with E-state index in [1.807, 2.05) is 13.8 Å². The van der Waals surface area contributed by atoms with Gasteiger partial charge in [-0.3, -0.25) is 9.59 Å². The van der Waals surface area contributed by atoms with E-state index < -0.39 is 5.97 Å². The summed E-state index contributed by atoms with van der Waals surface area (Å²) < 4.78 is 0. The van der Waals surface area contributed by atoms with Crippen LogP contribution in [0, 0.1) is 5.92 Å². The molecule has 1 amide bonds. The molecule has 0 fully saturated rings. The lowest BCUT2D eigenvalue weighted by Gasteiger charge is -2.23. The van der Waals surface area contributed by atoms with Gasteiger partial charge in [0, 0.05) is 19.5 Å². The van der Waals surface area contributed by atoms with Crippen LogP contribution in [0.25, 0.3) is 0 Å². The van der Waals surface area contributed by atoms with E-state index in [9.17, 15) is 9.59 Å². The monoisotopic (exact) mass is 201 g/mol. The molecule has 0 atom stereocenters. The number of carbonyl (C=O) groups excluding carboxylic acids is 1. The molecule has 0 rings (SSSR count). The summed E-state index contributed by atoms with van der Waals surface area (Å²) in [4.78, 5) is 23.4. The summed E-state index contributed by atoms with van der Waals surface area (Å²) in [6, 6.07) is 0. The number of hydrogen-bond acceptors (Lipinski definition) is 2. The maximum atomic E-state index is 11.4. The largest absolute Gasteiger partial charge is 0.481 e. The molecule has 0 aromatic heterocycles. The Morgan fingerprint density at radius 3 is 2.29 bits per heavy atom. The Morgan fingerprint density at radius 2 is 1.93 bits per heavy atom. The van der Waals surface area contributed by atoms with Crippen LogP contribution in [-0.2, 0) is 9.59 Å². The van der Waals surface area contributed by atoms with Crippen LogP contribution >= 0.6 is 0 Å². The third-order valence-electron chi connectivity index (χ3n) is 1.84. The van der Waals surface area contributed by atoms with Crippen molar-refractivity contribution in [1.29, 1.82) is 0 Å². The summed E-state index contributed by atoms with van der Waals surface area (Å²) in [5.74, 6) is -0.457. The normalized spacial score (nSPS) is 10.3. The predicted molar refractivity (Wildman–Crippen MR) is 54.0 cm³/mol. The highest BCUT2D eigenvalue weighted by Crippen LogP contribution is 2.02. The minimum atomic E-state index is -0.859. The molecule has 82 valence electrons. The third-order valence-corrected chi connectivity index (χ3v) is 1.84. The van der Waals surface area contributed by atoms with Gasteiger partial charge < -0.3 is 10.0 Å². The van der Waals surface area contributed by atoms with Gasteiger partial charge in [-0.2, -0.15) is 0 Å². The average molecular weight is 201 g/mol. The summed E-state index contributed by atoms with van der Waals surface area (Å²) in [5, 5.41) is 8.51. The lowest BCUT2D eigenvalue weighted by atomic mass is 10.2. The SMILES string of the molecule is CCC(=O)N(CCC(=O)O)CC(C)C. The van der Waals surface area contributed by atoms with Gasteiger partial charge in [0.1, 0.15) is 0 Å². The quantitative estimate of drug-likeness (QED) is 0.705. The first-order chi connectivity index (χ1) is 6.47. The number of carboxylic acids is 1. The summed E-state index contributed by atoms with van der Waals surface area (Å²) in [6.45, 7) is 6.77. The van der Waals surface area contributed by atoms with Gasteiger partial charge in [0.2, 0.25) is 5.91 Å². The van der Waals surface area contributed by atoms with Crippen LogP contribution in [0.3, 0.4) is 0 Å². The molecule has 4 nitrogen and oxygen atoms in total. The van der Waals surface area contributed by atoms with E-state index in [0.29, 0.717) is 25.4 Å².